The van der Waals surface area contributed by atoms with E-state index < -0.39 is 5.76 Å². The molecule has 25 heavy (non-hydrogen) atoms. The summed E-state index contributed by atoms with van der Waals surface area (Å²) in [5.74, 6) is -1.87. The van der Waals surface area contributed by atoms with Crippen molar-refractivity contribution in [3.63, 3.8) is 0 Å². The van der Waals surface area contributed by atoms with Gasteiger partial charge in [-0.1, -0.05) is 11.8 Å². The fourth-order valence-corrected chi connectivity index (χ4v) is 3.11. The molecule has 0 unspecified atom stereocenters. The van der Waals surface area contributed by atoms with Crippen LogP contribution in [0.1, 0.15) is 17.3 Å². The molecule has 0 fully saturated rings. The third kappa shape index (κ3) is 5.34. The van der Waals surface area contributed by atoms with Crippen molar-refractivity contribution < 1.29 is 23.0 Å². The van der Waals surface area contributed by atoms with Crippen LogP contribution in [0.25, 0.3) is 0 Å². The summed E-state index contributed by atoms with van der Waals surface area (Å²) in [6.07, 6.45) is 0. The zero-order valence-electron chi connectivity index (χ0n) is 13.5. The maximum Gasteiger partial charge on any atom is 0.288 e. The van der Waals surface area contributed by atoms with Crippen molar-refractivity contribution in [3.8, 4) is 11.5 Å². The summed E-state index contributed by atoms with van der Waals surface area (Å²) >= 11 is 3.82. The van der Waals surface area contributed by atoms with Gasteiger partial charge in [0.1, 0.15) is 0 Å². The van der Waals surface area contributed by atoms with Gasteiger partial charge in [0.2, 0.25) is 0 Å². The fraction of sp³-hybridized carbons (Fsp3) is 0.235. The minimum atomic E-state index is -2.48. The molecule has 2 rings (SSSR count). The van der Waals surface area contributed by atoms with E-state index in [1.165, 1.54) is 19.2 Å². The third-order valence-corrected chi connectivity index (χ3v) is 4.43. The number of rotatable bonds is 7. The van der Waals surface area contributed by atoms with Gasteiger partial charge < -0.3 is 14.8 Å². The van der Waals surface area contributed by atoms with E-state index in [-0.39, 0.29) is 5.91 Å². The lowest BCUT2D eigenvalue weighted by Gasteiger charge is -2.13. The van der Waals surface area contributed by atoms with Crippen molar-refractivity contribution in [2.75, 3.05) is 19.0 Å². The SMILES string of the molecule is CCOc1c(Br)cc(C(=O)Nc2ccc(SC(F)F)cc2)cc1OC. The Labute approximate surface area is 157 Å². The molecular weight excluding hydrogens is 416 g/mol. The Morgan fingerprint density at radius 1 is 1.28 bits per heavy atom. The molecule has 0 heterocycles. The van der Waals surface area contributed by atoms with E-state index in [2.05, 4.69) is 21.2 Å². The van der Waals surface area contributed by atoms with E-state index in [4.69, 9.17) is 9.47 Å². The van der Waals surface area contributed by atoms with Crippen LogP contribution in [0.4, 0.5) is 14.5 Å². The quantitative estimate of drug-likeness (QED) is 0.594. The van der Waals surface area contributed by atoms with Crippen LogP contribution >= 0.6 is 27.7 Å². The molecule has 1 N–H and O–H groups in total. The summed E-state index contributed by atoms with van der Waals surface area (Å²) in [5, 5.41) is 2.72. The van der Waals surface area contributed by atoms with Crippen LogP contribution in [0, 0.1) is 0 Å². The van der Waals surface area contributed by atoms with Crippen molar-refractivity contribution in [2.24, 2.45) is 0 Å². The number of thioether (sulfide) groups is 1. The summed E-state index contributed by atoms with van der Waals surface area (Å²) < 4.78 is 36.0. The lowest BCUT2D eigenvalue weighted by Crippen LogP contribution is -2.12. The van der Waals surface area contributed by atoms with E-state index in [0.29, 0.717) is 50.5 Å². The number of amides is 1. The molecule has 0 bridgehead atoms. The van der Waals surface area contributed by atoms with Gasteiger partial charge in [-0.15, -0.1) is 0 Å². The van der Waals surface area contributed by atoms with E-state index >= 15 is 0 Å². The molecule has 1 amide bonds. The number of benzene rings is 2. The van der Waals surface area contributed by atoms with Crippen LogP contribution < -0.4 is 14.8 Å². The van der Waals surface area contributed by atoms with Crippen LogP contribution in [0.15, 0.2) is 45.8 Å². The van der Waals surface area contributed by atoms with E-state index in [9.17, 15) is 13.6 Å². The van der Waals surface area contributed by atoms with Crippen molar-refractivity contribution in [1.29, 1.82) is 0 Å². The summed E-state index contributed by atoms with van der Waals surface area (Å²) in [7, 11) is 1.49. The van der Waals surface area contributed by atoms with Crippen LogP contribution in [-0.4, -0.2) is 25.4 Å². The fourth-order valence-electron chi connectivity index (χ4n) is 2.06. The first-order chi connectivity index (χ1) is 11.9. The Bertz CT molecular complexity index is 741. The van der Waals surface area contributed by atoms with Crippen LogP contribution in [0.5, 0.6) is 11.5 Å². The second-order valence-corrected chi connectivity index (χ2v) is 6.70. The van der Waals surface area contributed by atoms with E-state index in [0.717, 1.165) is 0 Å². The van der Waals surface area contributed by atoms with Gasteiger partial charge in [-0.25, -0.2) is 0 Å². The molecule has 0 aliphatic rings. The maximum absolute atomic E-state index is 12.4. The standard InChI is InChI=1S/C17H16BrF2NO3S/c1-3-24-15-13(18)8-10(9-14(15)23-2)16(22)21-11-4-6-12(7-5-11)25-17(19)20/h4-9,17H,3H2,1-2H3,(H,21,22). The summed E-state index contributed by atoms with van der Waals surface area (Å²) in [6, 6.07) is 9.41. The first kappa shape index (κ1) is 19.5. The Balaban J connectivity index is 2.16. The van der Waals surface area contributed by atoms with Crippen molar-refractivity contribution >= 4 is 39.3 Å². The van der Waals surface area contributed by atoms with Crippen LogP contribution in [-0.2, 0) is 0 Å². The summed E-state index contributed by atoms with van der Waals surface area (Å²) in [4.78, 5) is 12.8. The zero-order chi connectivity index (χ0) is 18.4. The summed E-state index contributed by atoms with van der Waals surface area (Å²) in [5.41, 5.74) is 0.880. The number of hydrogen-bond donors (Lipinski definition) is 1. The molecule has 0 saturated carbocycles. The molecule has 2 aromatic rings. The zero-order valence-corrected chi connectivity index (χ0v) is 15.9. The molecule has 0 aliphatic carbocycles. The highest BCUT2D eigenvalue weighted by molar-refractivity contribution is 9.10. The molecule has 0 saturated heterocycles. The number of alkyl halides is 2. The number of halogens is 3. The summed E-state index contributed by atoms with van der Waals surface area (Å²) in [6.45, 7) is 2.31. The van der Waals surface area contributed by atoms with Gasteiger partial charge in [0.25, 0.3) is 11.7 Å². The average Bonchev–Trinajstić information content (AvgIpc) is 2.57. The van der Waals surface area contributed by atoms with E-state index in [1.54, 1.807) is 24.3 Å². The monoisotopic (exact) mass is 431 g/mol. The highest BCUT2D eigenvalue weighted by Crippen LogP contribution is 2.37. The number of carbonyl (C=O) groups is 1. The Hall–Kier alpha value is -1.80. The van der Waals surface area contributed by atoms with Crippen molar-refractivity contribution in [2.45, 2.75) is 17.6 Å². The molecule has 0 atom stereocenters. The van der Waals surface area contributed by atoms with Gasteiger partial charge in [0, 0.05) is 16.1 Å². The second-order valence-electron chi connectivity index (χ2n) is 4.78. The average molecular weight is 432 g/mol. The molecule has 134 valence electrons. The lowest BCUT2D eigenvalue weighted by molar-refractivity contribution is 0.102. The van der Waals surface area contributed by atoms with Gasteiger partial charge in [-0.05, 0) is 59.3 Å². The van der Waals surface area contributed by atoms with Gasteiger partial charge in [-0.3, -0.25) is 4.79 Å². The predicted molar refractivity (Wildman–Crippen MR) is 98.1 cm³/mol. The van der Waals surface area contributed by atoms with Gasteiger partial charge in [0.05, 0.1) is 18.2 Å². The van der Waals surface area contributed by atoms with Crippen LogP contribution in [0.3, 0.4) is 0 Å². The normalized spacial score (nSPS) is 10.6. The molecule has 8 heteroatoms. The maximum atomic E-state index is 12.4. The molecule has 4 nitrogen and oxygen atoms in total. The molecule has 0 radical (unpaired) electrons. The van der Waals surface area contributed by atoms with Crippen molar-refractivity contribution in [1.82, 2.24) is 0 Å². The van der Waals surface area contributed by atoms with Crippen molar-refractivity contribution in [3.05, 3.63) is 46.4 Å². The van der Waals surface area contributed by atoms with Gasteiger partial charge in [0.15, 0.2) is 11.5 Å². The minimum Gasteiger partial charge on any atom is -0.493 e. The van der Waals surface area contributed by atoms with Gasteiger partial charge in [-0.2, -0.15) is 8.78 Å². The first-order valence-corrected chi connectivity index (χ1v) is 8.98. The largest absolute Gasteiger partial charge is 0.493 e. The highest BCUT2D eigenvalue weighted by Gasteiger charge is 2.15. The minimum absolute atomic E-state index is 0.351. The predicted octanol–water partition coefficient (Wildman–Crippen LogP) is 5.42. The van der Waals surface area contributed by atoms with E-state index in [1.807, 2.05) is 6.92 Å². The molecule has 0 aliphatic heterocycles. The Morgan fingerprint density at radius 2 is 1.96 bits per heavy atom. The Morgan fingerprint density at radius 3 is 2.52 bits per heavy atom. The number of nitrogens with one attached hydrogen (secondary N) is 1. The third-order valence-electron chi connectivity index (χ3n) is 3.12. The molecule has 0 aromatic heterocycles. The highest BCUT2D eigenvalue weighted by atomic mass is 79.9. The second kappa shape index (κ2) is 9.05. The molecule has 2 aromatic carbocycles. The number of ether oxygens (including phenoxy) is 2. The number of hydrogen-bond acceptors (Lipinski definition) is 4. The smallest absolute Gasteiger partial charge is 0.288 e. The first-order valence-electron chi connectivity index (χ1n) is 7.31. The molecular formula is C17H16BrF2NO3S. The lowest BCUT2D eigenvalue weighted by atomic mass is 10.2. The topological polar surface area (TPSA) is 47.6 Å². The number of anilines is 1. The van der Waals surface area contributed by atoms with Crippen LogP contribution in [0.2, 0.25) is 0 Å². The Kier molecular flexibility index (Phi) is 7.07. The number of methoxy groups -OCH3 is 1. The molecule has 0 spiro atoms. The van der Waals surface area contributed by atoms with Gasteiger partial charge >= 0.3 is 0 Å². The number of carbonyl (C=O) groups excluding carboxylic acids is 1.